The molecule has 0 amide bonds. The fourth-order valence-electron chi connectivity index (χ4n) is 5.24. The van der Waals surface area contributed by atoms with E-state index in [1.54, 1.807) is 36.7 Å². The van der Waals surface area contributed by atoms with E-state index in [-0.39, 0.29) is 16.7 Å². The Balaban J connectivity index is 1.62. The van der Waals surface area contributed by atoms with E-state index >= 15 is 0 Å². The Morgan fingerprint density at radius 3 is 2.26 bits per heavy atom. The summed E-state index contributed by atoms with van der Waals surface area (Å²) in [4.78, 5) is 4.93. The summed E-state index contributed by atoms with van der Waals surface area (Å²) >= 11 is 0. The van der Waals surface area contributed by atoms with E-state index in [1.807, 2.05) is 26.8 Å². The molecule has 4 aromatic rings. The molecule has 2 aliphatic rings. The number of aryl methyl sites for hydroxylation is 3. The lowest BCUT2D eigenvalue weighted by Gasteiger charge is -2.27. The summed E-state index contributed by atoms with van der Waals surface area (Å²) in [5.74, 6) is 0.932. The minimum absolute atomic E-state index is 0.144. The Morgan fingerprint density at radius 1 is 1.06 bits per heavy atom. The number of fused-ring (bicyclic) bond motifs is 1. The van der Waals surface area contributed by atoms with Crippen LogP contribution in [0.4, 0.5) is 0 Å². The smallest absolute Gasteiger partial charge is 0.268 e. The van der Waals surface area contributed by atoms with Crippen molar-refractivity contribution >= 4 is 21.1 Å². The van der Waals surface area contributed by atoms with Crippen molar-refractivity contribution in [2.24, 2.45) is 11.8 Å². The zero-order valence-corrected chi connectivity index (χ0v) is 20.3. The molecule has 8 heteroatoms. The maximum absolute atomic E-state index is 13.8. The predicted molar refractivity (Wildman–Crippen MR) is 128 cm³/mol. The van der Waals surface area contributed by atoms with Crippen molar-refractivity contribution in [1.82, 2.24) is 14.1 Å². The lowest BCUT2D eigenvalue weighted by atomic mass is 9.85. The van der Waals surface area contributed by atoms with Crippen molar-refractivity contribution in [3.63, 3.8) is 0 Å². The van der Waals surface area contributed by atoms with Gasteiger partial charge >= 0.3 is 0 Å². The molecule has 0 atom stereocenters. The maximum atomic E-state index is 13.8. The van der Waals surface area contributed by atoms with E-state index in [2.05, 4.69) is 5.16 Å². The Bertz CT molecular complexity index is 1490. The van der Waals surface area contributed by atoms with Crippen molar-refractivity contribution in [2.45, 2.75) is 57.0 Å². The quantitative estimate of drug-likeness (QED) is 0.426. The second-order valence-corrected chi connectivity index (χ2v) is 11.6. The van der Waals surface area contributed by atoms with Crippen LogP contribution in [0.5, 0.6) is 0 Å². The first kappa shape index (κ1) is 21.6. The van der Waals surface area contributed by atoms with Crippen molar-refractivity contribution in [3.8, 4) is 11.1 Å². The zero-order valence-electron chi connectivity index (χ0n) is 19.4. The molecule has 34 heavy (non-hydrogen) atoms. The molecular formula is C26H27N3O4S. The van der Waals surface area contributed by atoms with Gasteiger partial charge in [0.2, 0.25) is 0 Å². The average molecular weight is 478 g/mol. The van der Waals surface area contributed by atoms with Crippen molar-refractivity contribution < 1.29 is 18.0 Å². The van der Waals surface area contributed by atoms with Crippen LogP contribution in [0.3, 0.4) is 0 Å². The second-order valence-electron chi connectivity index (χ2n) is 9.82. The van der Waals surface area contributed by atoms with Crippen LogP contribution in [0, 0.1) is 32.6 Å². The van der Waals surface area contributed by atoms with Gasteiger partial charge in [0, 0.05) is 29.1 Å². The summed E-state index contributed by atoms with van der Waals surface area (Å²) in [6.45, 7) is 5.60. The molecular weight excluding hydrogens is 450 g/mol. The number of nitrogens with zero attached hydrogens (tertiary/aromatic N) is 3. The highest BCUT2D eigenvalue weighted by molar-refractivity contribution is 7.90. The summed E-state index contributed by atoms with van der Waals surface area (Å²) < 4.78 is 34.3. The zero-order chi connectivity index (χ0) is 23.8. The molecule has 0 saturated heterocycles. The summed E-state index contributed by atoms with van der Waals surface area (Å²) in [7, 11) is -3.91. The Kier molecular flexibility index (Phi) is 4.60. The van der Waals surface area contributed by atoms with Crippen molar-refractivity contribution in [1.29, 1.82) is 0 Å². The number of hydrogen-bond acceptors (Lipinski definition) is 6. The van der Waals surface area contributed by atoms with Gasteiger partial charge in [0.15, 0.2) is 0 Å². The largest absolute Gasteiger partial charge is 0.384 e. The Hall–Kier alpha value is -2.97. The van der Waals surface area contributed by atoms with Crippen LogP contribution < -0.4 is 0 Å². The molecule has 1 aromatic carbocycles. The molecule has 1 N–H and O–H groups in total. The lowest BCUT2D eigenvalue weighted by Crippen LogP contribution is -2.31. The standard InChI is InChI=1S/C26H27N3O4S/c1-15-4-10-21(11-5-15)34(31,32)29-14-22(26(30,19-6-7-19)20-8-9-20)25-23(29)12-18(13-27-25)24-16(2)28-33-17(24)3/h4-5,10-14,19-20,30H,6-9H2,1-3H3. The molecule has 2 aliphatic carbocycles. The summed E-state index contributed by atoms with van der Waals surface area (Å²) in [5.41, 5.74) is 3.78. The Labute approximate surface area is 198 Å². The first-order valence-corrected chi connectivity index (χ1v) is 13.1. The second kappa shape index (κ2) is 7.26. The van der Waals surface area contributed by atoms with E-state index in [1.165, 1.54) is 3.97 Å². The van der Waals surface area contributed by atoms with E-state index in [0.29, 0.717) is 28.1 Å². The van der Waals surface area contributed by atoms with Gasteiger partial charge in [0.05, 0.1) is 27.2 Å². The van der Waals surface area contributed by atoms with Crippen LogP contribution in [0.25, 0.3) is 22.2 Å². The van der Waals surface area contributed by atoms with Crippen LogP contribution in [0.2, 0.25) is 0 Å². The number of aliphatic hydroxyl groups is 1. The third-order valence-electron chi connectivity index (χ3n) is 7.34. The molecule has 0 unspecified atom stereocenters. The molecule has 0 bridgehead atoms. The van der Waals surface area contributed by atoms with E-state index in [9.17, 15) is 13.5 Å². The first-order valence-electron chi connectivity index (χ1n) is 11.7. The fraction of sp³-hybridized carbons (Fsp3) is 0.385. The van der Waals surface area contributed by atoms with Gasteiger partial charge in [0.25, 0.3) is 10.0 Å². The summed E-state index contributed by atoms with van der Waals surface area (Å²) in [5, 5.41) is 16.0. The number of hydrogen-bond donors (Lipinski definition) is 1. The molecule has 0 aliphatic heterocycles. The van der Waals surface area contributed by atoms with E-state index in [4.69, 9.17) is 9.51 Å². The molecule has 2 saturated carbocycles. The van der Waals surface area contributed by atoms with Crippen molar-refractivity contribution in [3.05, 3.63) is 65.3 Å². The SMILES string of the molecule is Cc1ccc(S(=O)(=O)n2cc(C(O)(C3CC3)C3CC3)c3ncc(-c4c(C)noc4C)cc32)cc1. The van der Waals surface area contributed by atoms with Gasteiger partial charge in [-0.25, -0.2) is 12.4 Å². The van der Waals surface area contributed by atoms with E-state index < -0.39 is 15.6 Å². The number of aromatic nitrogens is 3. The lowest BCUT2D eigenvalue weighted by molar-refractivity contribution is -0.00896. The summed E-state index contributed by atoms with van der Waals surface area (Å²) in [6, 6.07) is 8.64. The molecule has 2 fully saturated rings. The fourth-order valence-corrected chi connectivity index (χ4v) is 6.59. The third-order valence-corrected chi connectivity index (χ3v) is 9.03. The van der Waals surface area contributed by atoms with Crippen LogP contribution in [0.15, 0.2) is 52.1 Å². The number of benzene rings is 1. The van der Waals surface area contributed by atoms with Crippen LogP contribution in [-0.4, -0.2) is 27.6 Å². The Morgan fingerprint density at radius 2 is 1.71 bits per heavy atom. The predicted octanol–water partition coefficient (Wildman–Crippen LogP) is 4.86. The van der Waals surface area contributed by atoms with Crippen LogP contribution in [-0.2, 0) is 15.6 Å². The molecule has 0 spiro atoms. The number of rotatable bonds is 6. The molecule has 3 heterocycles. The van der Waals surface area contributed by atoms with Gasteiger partial charge in [-0.05, 0) is 76.5 Å². The minimum Gasteiger partial charge on any atom is -0.384 e. The van der Waals surface area contributed by atoms with E-state index in [0.717, 1.165) is 42.4 Å². The topological polar surface area (TPSA) is 98.2 Å². The summed E-state index contributed by atoms with van der Waals surface area (Å²) in [6.07, 6.45) is 7.12. The molecule has 6 rings (SSSR count). The van der Waals surface area contributed by atoms with Crippen LogP contribution in [0.1, 0.15) is 48.3 Å². The highest BCUT2D eigenvalue weighted by Crippen LogP contribution is 2.58. The minimum atomic E-state index is -3.91. The molecule has 176 valence electrons. The van der Waals surface area contributed by atoms with Gasteiger partial charge < -0.3 is 9.63 Å². The van der Waals surface area contributed by atoms with Gasteiger partial charge in [-0.1, -0.05) is 22.9 Å². The van der Waals surface area contributed by atoms with Crippen LogP contribution >= 0.6 is 0 Å². The van der Waals surface area contributed by atoms with Gasteiger partial charge in [-0.15, -0.1) is 0 Å². The van der Waals surface area contributed by atoms with Gasteiger partial charge in [-0.3, -0.25) is 4.98 Å². The van der Waals surface area contributed by atoms with Crippen molar-refractivity contribution in [2.75, 3.05) is 0 Å². The normalized spacial score (nSPS) is 16.9. The number of pyridine rings is 1. The molecule has 3 aromatic heterocycles. The molecule has 0 radical (unpaired) electrons. The first-order chi connectivity index (χ1) is 16.2. The third kappa shape index (κ3) is 3.15. The average Bonchev–Trinajstić information content (AvgIpc) is 3.73. The van der Waals surface area contributed by atoms with Gasteiger partial charge in [0.1, 0.15) is 5.76 Å². The maximum Gasteiger partial charge on any atom is 0.268 e. The highest BCUT2D eigenvalue weighted by Gasteiger charge is 2.55. The molecule has 7 nitrogen and oxygen atoms in total. The highest BCUT2D eigenvalue weighted by atomic mass is 32.2. The monoisotopic (exact) mass is 477 g/mol. The van der Waals surface area contributed by atoms with Gasteiger partial charge in [-0.2, -0.15) is 0 Å².